The van der Waals surface area contributed by atoms with Crippen LogP contribution in [0.1, 0.15) is 17.0 Å². The Kier molecular flexibility index (Phi) is 4.67. The van der Waals surface area contributed by atoms with Gasteiger partial charge in [0.2, 0.25) is 0 Å². The summed E-state index contributed by atoms with van der Waals surface area (Å²) in [7, 11) is 2.74. The Balaban J connectivity index is 2.38. The summed E-state index contributed by atoms with van der Waals surface area (Å²) in [5.74, 6) is 0.0504. The number of hydrogen-bond donors (Lipinski definition) is 0. The lowest BCUT2D eigenvalue weighted by Gasteiger charge is -2.30. The van der Waals surface area contributed by atoms with E-state index in [-0.39, 0.29) is 5.92 Å². The third-order valence-corrected chi connectivity index (χ3v) is 4.47. The van der Waals surface area contributed by atoms with E-state index < -0.39 is 4.33 Å². The maximum absolute atomic E-state index is 6.61. The Labute approximate surface area is 121 Å². The third-order valence-electron chi connectivity index (χ3n) is 3.03. The lowest BCUT2D eigenvalue weighted by Crippen LogP contribution is -2.22. The predicted octanol–water partition coefficient (Wildman–Crippen LogP) is 4.98. The van der Waals surface area contributed by atoms with Gasteiger partial charge in [-0.3, -0.25) is 0 Å². The van der Waals surface area contributed by atoms with E-state index >= 15 is 0 Å². The van der Waals surface area contributed by atoms with Crippen molar-refractivity contribution in [2.75, 3.05) is 6.16 Å². The second kappa shape index (κ2) is 6.06. The van der Waals surface area contributed by atoms with Gasteiger partial charge in [0, 0.05) is 5.92 Å². The minimum Gasteiger partial charge on any atom is -0.137 e. The number of rotatable bonds is 4. The van der Waals surface area contributed by atoms with Gasteiger partial charge in [0.1, 0.15) is 4.33 Å². The molecule has 0 heterocycles. The first kappa shape index (κ1) is 13.9. The summed E-state index contributed by atoms with van der Waals surface area (Å²) >= 11 is 13.2. The SMILES string of the molecule is PCC(c1ccccc1)C(Cl)(Cl)c1ccccc1. The molecule has 0 aliphatic rings. The average molecular weight is 297 g/mol. The molecule has 2 aromatic carbocycles. The van der Waals surface area contributed by atoms with E-state index in [1.807, 2.05) is 48.5 Å². The summed E-state index contributed by atoms with van der Waals surface area (Å²) in [4.78, 5) is 0. The Bertz CT molecular complexity index is 482. The van der Waals surface area contributed by atoms with Gasteiger partial charge >= 0.3 is 0 Å². The summed E-state index contributed by atoms with van der Waals surface area (Å²) in [5.41, 5.74) is 2.09. The van der Waals surface area contributed by atoms with Crippen molar-refractivity contribution in [3.8, 4) is 0 Å². The molecule has 2 aromatic rings. The minimum absolute atomic E-state index is 0.0504. The first-order chi connectivity index (χ1) is 8.66. The molecule has 94 valence electrons. The van der Waals surface area contributed by atoms with Crippen LogP contribution in [0.5, 0.6) is 0 Å². The van der Waals surface area contributed by atoms with Crippen LogP contribution in [0.25, 0.3) is 0 Å². The van der Waals surface area contributed by atoms with E-state index in [9.17, 15) is 0 Å². The van der Waals surface area contributed by atoms with Crippen molar-refractivity contribution in [1.29, 1.82) is 0 Å². The van der Waals surface area contributed by atoms with Crippen LogP contribution in [-0.2, 0) is 4.33 Å². The van der Waals surface area contributed by atoms with E-state index in [2.05, 4.69) is 21.4 Å². The highest BCUT2D eigenvalue weighted by molar-refractivity contribution is 7.16. The van der Waals surface area contributed by atoms with Crippen molar-refractivity contribution in [3.63, 3.8) is 0 Å². The van der Waals surface area contributed by atoms with Gasteiger partial charge in [-0.1, -0.05) is 83.9 Å². The second-order valence-corrected chi connectivity index (χ2v) is 6.05. The minimum atomic E-state index is -0.912. The smallest absolute Gasteiger partial charge is 0.137 e. The van der Waals surface area contributed by atoms with E-state index in [4.69, 9.17) is 23.2 Å². The number of alkyl halides is 2. The number of halogens is 2. The Morgan fingerprint density at radius 3 is 1.89 bits per heavy atom. The van der Waals surface area contributed by atoms with E-state index in [1.54, 1.807) is 0 Å². The van der Waals surface area contributed by atoms with Gasteiger partial charge in [-0.2, -0.15) is 0 Å². The Morgan fingerprint density at radius 2 is 1.39 bits per heavy atom. The zero-order valence-electron chi connectivity index (χ0n) is 9.89. The fourth-order valence-corrected chi connectivity index (χ4v) is 3.65. The maximum atomic E-state index is 6.61. The molecule has 2 atom stereocenters. The summed E-state index contributed by atoms with van der Waals surface area (Å²) < 4.78 is -0.912. The molecule has 2 rings (SSSR count). The van der Waals surface area contributed by atoms with Crippen LogP contribution in [0.4, 0.5) is 0 Å². The molecule has 0 amide bonds. The molecule has 0 saturated heterocycles. The van der Waals surface area contributed by atoms with Crippen molar-refractivity contribution in [1.82, 2.24) is 0 Å². The van der Waals surface area contributed by atoms with Gasteiger partial charge in [-0.25, -0.2) is 0 Å². The molecule has 0 saturated carbocycles. The summed E-state index contributed by atoms with van der Waals surface area (Å²) in [5, 5.41) is 0. The zero-order chi connectivity index (χ0) is 13.0. The van der Waals surface area contributed by atoms with E-state index in [0.717, 1.165) is 17.3 Å². The van der Waals surface area contributed by atoms with Crippen molar-refractivity contribution < 1.29 is 0 Å². The Hall–Kier alpha value is -0.550. The fraction of sp³-hybridized carbons (Fsp3) is 0.200. The van der Waals surface area contributed by atoms with E-state index in [0.29, 0.717) is 0 Å². The summed E-state index contributed by atoms with van der Waals surface area (Å²) in [6.45, 7) is 0. The standard InChI is InChI=1S/C15H15Cl2P/c16-15(17,13-9-5-2-6-10-13)14(11-18)12-7-3-1-4-8-12/h1-10,14H,11,18H2. The predicted molar refractivity (Wildman–Crippen MR) is 83.6 cm³/mol. The van der Waals surface area contributed by atoms with Crippen molar-refractivity contribution in [2.45, 2.75) is 10.3 Å². The molecule has 0 aromatic heterocycles. The maximum Gasteiger partial charge on any atom is 0.150 e. The lowest BCUT2D eigenvalue weighted by atomic mass is 9.92. The first-order valence-corrected chi connectivity index (χ1v) is 7.42. The highest BCUT2D eigenvalue weighted by atomic mass is 35.5. The third kappa shape index (κ3) is 2.88. The second-order valence-electron chi connectivity index (χ2n) is 4.19. The first-order valence-electron chi connectivity index (χ1n) is 5.84. The van der Waals surface area contributed by atoms with E-state index in [1.165, 1.54) is 0 Å². The molecule has 0 N–H and O–H groups in total. The quantitative estimate of drug-likeness (QED) is 0.552. The van der Waals surface area contributed by atoms with Crippen LogP contribution >= 0.6 is 32.4 Å². The summed E-state index contributed by atoms with van der Waals surface area (Å²) in [6.07, 6.45) is 0.811. The molecular weight excluding hydrogens is 282 g/mol. The van der Waals surface area contributed by atoms with Crippen molar-refractivity contribution in [2.24, 2.45) is 0 Å². The van der Waals surface area contributed by atoms with Crippen molar-refractivity contribution in [3.05, 3.63) is 71.8 Å². The van der Waals surface area contributed by atoms with Gasteiger partial charge in [0.15, 0.2) is 0 Å². The number of hydrogen-bond acceptors (Lipinski definition) is 0. The molecule has 0 aliphatic heterocycles. The van der Waals surface area contributed by atoms with Crippen molar-refractivity contribution >= 4 is 32.4 Å². The van der Waals surface area contributed by atoms with Gasteiger partial charge in [-0.15, -0.1) is 9.24 Å². The molecule has 0 aliphatic carbocycles. The average Bonchev–Trinajstić information content (AvgIpc) is 2.41. The highest BCUT2D eigenvalue weighted by Gasteiger charge is 2.36. The largest absolute Gasteiger partial charge is 0.150 e. The van der Waals surface area contributed by atoms with Crippen LogP contribution in [0.2, 0.25) is 0 Å². The van der Waals surface area contributed by atoms with Gasteiger partial charge < -0.3 is 0 Å². The molecule has 3 heteroatoms. The van der Waals surface area contributed by atoms with Crippen LogP contribution in [0, 0.1) is 0 Å². The normalized spacial score (nSPS) is 13.3. The molecule has 0 radical (unpaired) electrons. The molecule has 0 fully saturated rings. The molecule has 0 bridgehead atoms. The molecular formula is C15H15Cl2P. The van der Waals surface area contributed by atoms with Gasteiger partial charge in [0.05, 0.1) is 0 Å². The van der Waals surface area contributed by atoms with Crippen LogP contribution in [0.3, 0.4) is 0 Å². The van der Waals surface area contributed by atoms with Gasteiger partial charge in [0.25, 0.3) is 0 Å². The lowest BCUT2D eigenvalue weighted by molar-refractivity contribution is 0.682. The molecule has 0 spiro atoms. The topological polar surface area (TPSA) is 0 Å². The highest BCUT2D eigenvalue weighted by Crippen LogP contribution is 2.47. The van der Waals surface area contributed by atoms with Crippen LogP contribution in [-0.4, -0.2) is 6.16 Å². The zero-order valence-corrected chi connectivity index (χ0v) is 12.6. The fourth-order valence-electron chi connectivity index (χ4n) is 2.04. The molecule has 0 nitrogen and oxygen atoms in total. The van der Waals surface area contributed by atoms with Crippen LogP contribution in [0.15, 0.2) is 60.7 Å². The van der Waals surface area contributed by atoms with Gasteiger partial charge in [-0.05, 0) is 17.3 Å². The Morgan fingerprint density at radius 1 is 0.889 bits per heavy atom. The summed E-state index contributed by atoms with van der Waals surface area (Å²) in [6, 6.07) is 20.0. The number of benzene rings is 2. The molecule has 2 unspecified atom stereocenters. The van der Waals surface area contributed by atoms with Crippen LogP contribution < -0.4 is 0 Å². The monoisotopic (exact) mass is 296 g/mol. The molecule has 18 heavy (non-hydrogen) atoms.